The number of nitrogens with zero attached hydrogens (tertiary/aromatic N) is 2. The second-order valence-corrected chi connectivity index (χ2v) is 9.16. The summed E-state index contributed by atoms with van der Waals surface area (Å²) in [5.74, 6) is -0.0272. The van der Waals surface area contributed by atoms with Crippen molar-refractivity contribution in [3.63, 3.8) is 0 Å². The van der Waals surface area contributed by atoms with Crippen molar-refractivity contribution in [1.29, 1.82) is 0 Å². The maximum absolute atomic E-state index is 13.0. The quantitative estimate of drug-likeness (QED) is 0.717. The maximum atomic E-state index is 13.0. The molecule has 0 radical (unpaired) electrons. The molecule has 5 rings (SSSR count). The summed E-state index contributed by atoms with van der Waals surface area (Å²) in [6.07, 6.45) is 5.60. The van der Waals surface area contributed by atoms with Crippen molar-refractivity contribution in [2.45, 2.75) is 30.8 Å². The van der Waals surface area contributed by atoms with Crippen LogP contribution in [0.25, 0.3) is 12.2 Å². The number of piperazine rings is 1. The lowest BCUT2D eigenvalue weighted by atomic mass is 9.73. The zero-order valence-electron chi connectivity index (χ0n) is 18.7. The van der Waals surface area contributed by atoms with E-state index in [1.54, 1.807) is 9.80 Å². The zero-order chi connectivity index (χ0) is 22.8. The highest BCUT2D eigenvalue weighted by Crippen LogP contribution is 2.43. The fraction of sp³-hybridized carbons (Fsp3) is 0.407. The normalized spacial score (nSPS) is 25.7. The number of rotatable bonds is 5. The van der Waals surface area contributed by atoms with Gasteiger partial charge >= 0.3 is 0 Å². The van der Waals surface area contributed by atoms with E-state index in [1.807, 2.05) is 18.2 Å². The van der Waals surface area contributed by atoms with E-state index in [2.05, 4.69) is 48.6 Å². The molecule has 3 heterocycles. The minimum absolute atomic E-state index is 0.0244. The van der Waals surface area contributed by atoms with Gasteiger partial charge in [-0.1, -0.05) is 66.7 Å². The molecule has 33 heavy (non-hydrogen) atoms. The number of amides is 2. The van der Waals surface area contributed by atoms with E-state index in [1.165, 1.54) is 0 Å². The fourth-order valence-electron chi connectivity index (χ4n) is 5.46. The van der Waals surface area contributed by atoms with E-state index in [-0.39, 0.29) is 48.9 Å². The fourth-order valence-corrected chi connectivity index (χ4v) is 5.46. The molecule has 0 aromatic heterocycles. The molecular formula is C27H30N2O4. The average molecular weight is 447 g/mol. The van der Waals surface area contributed by atoms with Gasteiger partial charge in [-0.25, -0.2) is 0 Å². The van der Waals surface area contributed by atoms with Crippen LogP contribution in [0.2, 0.25) is 0 Å². The summed E-state index contributed by atoms with van der Waals surface area (Å²) in [7, 11) is 0. The number of benzene rings is 2. The van der Waals surface area contributed by atoms with Gasteiger partial charge in [-0.3, -0.25) is 9.59 Å². The molecular weight excluding hydrogens is 416 g/mol. The van der Waals surface area contributed by atoms with E-state index >= 15 is 0 Å². The zero-order valence-corrected chi connectivity index (χ0v) is 18.7. The van der Waals surface area contributed by atoms with Crippen molar-refractivity contribution in [2.75, 3.05) is 32.9 Å². The molecule has 3 atom stereocenters. The highest BCUT2D eigenvalue weighted by molar-refractivity contribution is 5.88. The van der Waals surface area contributed by atoms with Crippen molar-refractivity contribution < 1.29 is 19.4 Å². The molecule has 3 aliphatic heterocycles. The van der Waals surface area contributed by atoms with E-state index in [0.717, 1.165) is 29.5 Å². The monoisotopic (exact) mass is 446 g/mol. The van der Waals surface area contributed by atoms with E-state index in [4.69, 9.17) is 4.74 Å². The van der Waals surface area contributed by atoms with Crippen molar-refractivity contribution in [3.05, 3.63) is 71.3 Å². The van der Waals surface area contributed by atoms with Gasteiger partial charge in [0.2, 0.25) is 11.8 Å². The maximum Gasteiger partial charge on any atom is 0.242 e. The first-order valence-electron chi connectivity index (χ1n) is 11.8. The van der Waals surface area contributed by atoms with Gasteiger partial charge in [0.25, 0.3) is 0 Å². The van der Waals surface area contributed by atoms with Gasteiger partial charge in [0, 0.05) is 31.6 Å². The Morgan fingerprint density at radius 3 is 2.33 bits per heavy atom. The molecule has 2 amide bonds. The predicted octanol–water partition coefficient (Wildman–Crippen LogP) is 2.78. The Kier molecular flexibility index (Phi) is 6.29. The Labute approximate surface area is 194 Å². The smallest absolute Gasteiger partial charge is 0.242 e. The second kappa shape index (κ2) is 9.49. The van der Waals surface area contributed by atoms with Crippen molar-refractivity contribution in [2.24, 2.45) is 5.92 Å². The van der Waals surface area contributed by atoms with Gasteiger partial charge in [0.1, 0.15) is 0 Å². The van der Waals surface area contributed by atoms with Crippen molar-refractivity contribution in [1.82, 2.24) is 9.80 Å². The van der Waals surface area contributed by atoms with E-state index in [0.29, 0.717) is 19.8 Å². The number of ether oxygens (including phenoxy) is 1. The average Bonchev–Trinajstić information content (AvgIpc) is 2.85. The van der Waals surface area contributed by atoms with Gasteiger partial charge < -0.3 is 19.6 Å². The lowest BCUT2D eigenvalue weighted by Crippen LogP contribution is -2.73. The van der Waals surface area contributed by atoms with Crippen molar-refractivity contribution >= 4 is 24.0 Å². The highest BCUT2D eigenvalue weighted by Gasteiger charge is 2.54. The summed E-state index contributed by atoms with van der Waals surface area (Å²) in [4.78, 5) is 29.4. The second-order valence-electron chi connectivity index (χ2n) is 9.16. The molecule has 0 unspecified atom stereocenters. The van der Waals surface area contributed by atoms with Crippen LogP contribution in [0.15, 0.2) is 54.6 Å². The van der Waals surface area contributed by atoms with Gasteiger partial charge in [0.15, 0.2) is 0 Å². The number of carbonyl (C=O) groups is 2. The Hall–Kier alpha value is -2.96. The summed E-state index contributed by atoms with van der Waals surface area (Å²) in [5, 5.41) is 10.0. The van der Waals surface area contributed by atoms with Crippen LogP contribution in [0.4, 0.5) is 0 Å². The van der Waals surface area contributed by atoms with Crippen LogP contribution in [-0.2, 0) is 14.3 Å². The van der Waals surface area contributed by atoms with Gasteiger partial charge in [-0.15, -0.1) is 0 Å². The molecule has 6 nitrogen and oxygen atoms in total. The Balaban J connectivity index is 1.30. The summed E-state index contributed by atoms with van der Waals surface area (Å²) < 4.78 is 5.38. The summed E-state index contributed by atoms with van der Waals surface area (Å²) in [6.45, 7) is 1.77. The third-order valence-corrected chi connectivity index (χ3v) is 7.22. The van der Waals surface area contributed by atoms with E-state index < -0.39 is 0 Å². The first kappa shape index (κ1) is 21.9. The topological polar surface area (TPSA) is 70.1 Å². The minimum Gasteiger partial charge on any atom is -0.394 e. The lowest BCUT2D eigenvalue weighted by molar-refractivity contribution is -0.169. The highest BCUT2D eigenvalue weighted by atomic mass is 16.5. The first-order valence-corrected chi connectivity index (χ1v) is 11.8. The minimum atomic E-state index is -0.228. The molecule has 2 aromatic rings. The van der Waals surface area contributed by atoms with Gasteiger partial charge in [0.05, 0.1) is 25.2 Å². The van der Waals surface area contributed by atoms with Crippen LogP contribution >= 0.6 is 0 Å². The van der Waals surface area contributed by atoms with Crippen molar-refractivity contribution in [3.8, 4) is 0 Å². The summed E-state index contributed by atoms with van der Waals surface area (Å²) in [6, 6.07) is 18.1. The molecule has 3 aliphatic rings. The molecule has 0 spiro atoms. The molecule has 0 aliphatic carbocycles. The summed E-state index contributed by atoms with van der Waals surface area (Å²) in [5.41, 5.74) is 3.34. The SMILES string of the molecule is O=C(C1CCOCC1)N1CC(=O)N2[C@H](CO)[C@H](c3ccc(C=Cc4ccccc4)cc3)[C@@H]2C1. The van der Waals surface area contributed by atoms with Crippen LogP contribution in [0.1, 0.15) is 35.4 Å². The molecule has 3 fully saturated rings. The Morgan fingerprint density at radius 2 is 1.67 bits per heavy atom. The van der Waals surface area contributed by atoms with Crippen LogP contribution in [0.3, 0.4) is 0 Å². The standard InChI is InChI=1S/C27H30N2O4/c30-18-24-26(21-10-8-20(9-11-21)7-6-19-4-2-1-3-5-19)23-16-28(17-25(31)29(23)24)27(32)22-12-14-33-15-13-22/h1-11,22-24,26,30H,12-18H2/t23-,24+,26+/m0/s1. The molecule has 2 aromatic carbocycles. The Bertz CT molecular complexity index is 1010. The molecule has 172 valence electrons. The first-order chi connectivity index (χ1) is 16.2. The Morgan fingerprint density at radius 1 is 1.00 bits per heavy atom. The lowest BCUT2D eigenvalue weighted by Gasteiger charge is -2.59. The number of aliphatic hydroxyl groups excluding tert-OH is 1. The summed E-state index contributed by atoms with van der Waals surface area (Å²) >= 11 is 0. The molecule has 0 saturated carbocycles. The number of fused-ring (bicyclic) bond motifs is 1. The predicted molar refractivity (Wildman–Crippen MR) is 126 cm³/mol. The third-order valence-electron chi connectivity index (χ3n) is 7.22. The van der Waals surface area contributed by atoms with Crippen LogP contribution in [-0.4, -0.2) is 71.7 Å². The van der Waals surface area contributed by atoms with Gasteiger partial charge in [-0.2, -0.15) is 0 Å². The van der Waals surface area contributed by atoms with E-state index in [9.17, 15) is 14.7 Å². The largest absolute Gasteiger partial charge is 0.394 e. The van der Waals surface area contributed by atoms with Gasteiger partial charge in [-0.05, 0) is 29.5 Å². The number of carbonyl (C=O) groups excluding carboxylic acids is 2. The van der Waals surface area contributed by atoms with Crippen LogP contribution in [0, 0.1) is 5.92 Å². The van der Waals surface area contributed by atoms with Crippen LogP contribution in [0.5, 0.6) is 0 Å². The third kappa shape index (κ3) is 4.33. The molecule has 0 bridgehead atoms. The molecule has 6 heteroatoms. The molecule has 1 N–H and O–H groups in total. The number of hydrogen-bond donors (Lipinski definition) is 1. The van der Waals surface area contributed by atoms with Crippen LogP contribution < -0.4 is 0 Å². The number of hydrogen-bond acceptors (Lipinski definition) is 4. The molecule has 3 saturated heterocycles. The number of aliphatic hydroxyl groups is 1.